The van der Waals surface area contributed by atoms with Crippen molar-refractivity contribution in [1.82, 2.24) is 20.7 Å². The highest BCUT2D eigenvalue weighted by molar-refractivity contribution is 7.89. The van der Waals surface area contributed by atoms with Gasteiger partial charge in [0.1, 0.15) is 0 Å². The van der Waals surface area contributed by atoms with E-state index in [4.69, 9.17) is 0 Å². The van der Waals surface area contributed by atoms with Crippen molar-refractivity contribution in [1.29, 1.82) is 0 Å². The van der Waals surface area contributed by atoms with E-state index >= 15 is 0 Å². The Labute approximate surface area is 152 Å². The third-order valence-electron chi connectivity index (χ3n) is 3.59. The SMILES string of the molecule is Cc1ccc(S(=O)(=O)NCC(=O)NCC(=O)NCC(=O)NC2CC2)cc1. The molecule has 0 radical (unpaired) electrons. The fourth-order valence-electron chi connectivity index (χ4n) is 1.95. The highest BCUT2D eigenvalue weighted by Gasteiger charge is 2.23. The van der Waals surface area contributed by atoms with Gasteiger partial charge in [0.25, 0.3) is 0 Å². The van der Waals surface area contributed by atoms with Gasteiger partial charge in [0.2, 0.25) is 27.7 Å². The lowest BCUT2D eigenvalue weighted by atomic mass is 10.2. The second-order valence-electron chi connectivity index (χ2n) is 6.03. The van der Waals surface area contributed by atoms with Gasteiger partial charge in [0.05, 0.1) is 24.5 Å². The van der Waals surface area contributed by atoms with Crippen LogP contribution in [0.1, 0.15) is 18.4 Å². The minimum Gasteiger partial charge on any atom is -0.352 e. The first-order valence-corrected chi connectivity index (χ1v) is 9.63. The second kappa shape index (κ2) is 8.77. The van der Waals surface area contributed by atoms with Crippen LogP contribution in [0.5, 0.6) is 0 Å². The van der Waals surface area contributed by atoms with Crippen molar-refractivity contribution in [3.63, 3.8) is 0 Å². The van der Waals surface area contributed by atoms with Crippen LogP contribution >= 0.6 is 0 Å². The zero-order valence-corrected chi connectivity index (χ0v) is 15.2. The lowest BCUT2D eigenvalue weighted by Crippen LogP contribution is -2.44. The van der Waals surface area contributed by atoms with Crippen molar-refractivity contribution in [2.75, 3.05) is 19.6 Å². The van der Waals surface area contributed by atoms with Gasteiger partial charge in [-0.25, -0.2) is 13.1 Å². The monoisotopic (exact) mass is 382 g/mol. The summed E-state index contributed by atoms with van der Waals surface area (Å²) in [5, 5.41) is 7.37. The molecule has 0 unspecified atom stereocenters. The van der Waals surface area contributed by atoms with Gasteiger partial charge in [0, 0.05) is 6.04 Å². The molecule has 1 aromatic carbocycles. The minimum atomic E-state index is -3.80. The predicted molar refractivity (Wildman–Crippen MR) is 93.6 cm³/mol. The molecular formula is C16H22N4O5S. The maximum atomic E-state index is 12.0. The Morgan fingerprint density at radius 1 is 0.923 bits per heavy atom. The normalized spacial score (nSPS) is 13.7. The van der Waals surface area contributed by atoms with E-state index in [1.165, 1.54) is 12.1 Å². The van der Waals surface area contributed by atoms with Crippen LogP contribution in [-0.4, -0.2) is 51.8 Å². The molecule has 1 aromatic rings. The van der Waals surface area contributed by atoms with E-state index in [2.05, 4.69) is 20.7 Å². The van der Waals surface area contributed by atoms with Crippen molar-refractivity contribution in [2.45, 2.75) is 30.7 Å². The molecule has 9 nitrogen and oxygen atoms in total. The first kappa shape index (κ1) is 19.9. The molecule has 0 aromatic heterocycles. The molecule has 2 rings (SSSR count). The van der Waals surface area contributed by atoms with Crippen LogP contribution < -0.4 is 20.7 Å². The number of hydrogen-bond acceptors (Lipinski definition) is 5. The van der Waals surface area contributed by atoms with Crippen molar-refractivity contribution >= 4 is 27.7 Å². The van der Waals surface area contributed by atoms with Crippen LogP contribution in [0.25, 0.3) is 0 Å². The lowest BCUT2D eigenvalue weighted by Gasteiger charge is -2.09. The molecule has 142 valence electrons. The van der Waals surface area contributed by atoms with Gasteiger partial charge in [-0.05, 0) is 31.9 Å². The number of sulfonamides is 1. The Hall–Kier alpha value is -2.46. The minimum absolute atomic E-state index is 0.0512. The summed E-state index contributed by atoms with van der Waals surface area (Å²) in [4.78, 5) is 34.7. The molecule has 0 saturated heterocycles. The molecule has 1 aliphatic carbocycles. The Kier molecular flexibility index (Phi) is 6.70. The van der Waals surface area contributed by atoms with Crippen molar-refractivity contribution in [2.24, 2.45) is 0 Å². The Morgan fingerprint density at radius 2 is 1.46 bits per heavy atom. The number of hydrogen-bond donors (Lipinski definition) is 4. The first-order valence-electron chi connectivity index (χ1n) is 8.15. The van der Waals surface area contributed by atoms with Crippen molar-refractivity contribution < 1.29 is 22.8 Å². The summed E-state index contributed by atoms with van der Waals surface area (Å²) < 4.78 is 26.2. The number of rotatable bonds is 9. The van der Waals surface area contributed by atoms with Gasteiger partial charge in [-0.2, -0.15) is 0 Å². The van der Waals surface area contributed by atoms with Gasteiger partial charge in [-0.1, -0.05) is 17.7 Å². The zero-order valence-electron chi connectivity index (χ0n) is 14.4. The largest absolute Gasteiger partial charge is 0.352 e. The van der Waals surface area contributed by atoms with E-state index in [1.54, 1.807) is 12.1 Å². The van der Waals surface area contributed by atoms with E-state index in [9.17, 15) is 22.8 Å². The Balaban J connectivity index is 1.66. The molecular weight excluding hydrogens is 360 g/mol. The van der Waals surface area contributed by atoms with Gasteiger partial charge >= 0.3 is 0 Å². The van der Waals surface area contributed by atoms with E-state index in [0.29, 0.717) is 0 Å². The molecule has 0 bridgehead atoms. The van der Waals surface area contributed by atoms with E-state index in [1.807, 2.05) is 6.92 Å². The maximum absolute atomic E-state index is 12.0. The number of carbonyl (C=O) groups excluding carboxylic acids is 3. The summed E-state index contributed by atoms with van der Waals surface area (Å²) in [5.74, 6) is -1.47. The summed E-state index contributed by atoms with van der Waals surface area (Å²) in [6.45, 7) is 0.830. The molecule has 0 heterocycles. The molecule has 0 spiro atoms. The van der Waals surface area contributed by atoms with Gasteiger partial charge in [-0.3, -0.25) is 14.4 Å². The summed E-state index contributed by atoms with van der Waals surface area (Å²) in [5.41, 5.74) is 0.915. The molecule has 4 N–H and O–H groups in total. The van der Waals surface area contributed by atoms with Crippen LogP contribution in [0.3, 0.4) is 0 Å². The highest BCUT2D eigenvalue weighted by Crippen LogP contribution is 2.18. The molecule has 1 fully saturated rings. The number of carbonyl (C=O) groups is 3. The number of aryl methyl sites for hydroxylation is 1. The molecule has 26 heavy (non-hydrogen) atoms. The van der Waals surface area contributed by atoms with Gasteiger partial charge in [-0.15, -0.1) is 0 Å². The fraction of sp³-hybridized carbons (Fsp3) is 0.438. The fourth-order valence-corrected chi connectivity index (χ4v) is 2.93. The summed E-state index contributed by atoms with van der Waals surface area (Å²) in [7, 11) is -3.80. The van der Waals surface area contributed by atoms with Crippen LogP contribution in [0.4, 0.5) is 0 Å². The van der Waals surface area contributed by atoms with Crippen LogP contribution in [-0.2, 0) is 24.4 Å². The Morgan fingerprint density at radius 3 is 2.04 bits per heavy atom. The maximum Gasteiger partial charge on any atom is 0.241 e. The Bertz CT molecular complexity index is 772. The third-order valence-corrected chi connectivity index (χ3v) is 5.01. The van der Waals surface area contributed by atoms with Crippen LogP contribution in [0.15, 0.2) is 29.2 Å². The second-order valence-corrected chi connectivity index (χ2v) is 7.80. The van der Waals surface area contributed by atoms with Gasteiger partial charge in [0.15, 0.2) is 0 Å². The molecule has 10 heteroatoms. The molecule has 0 atom stereocenters. The topological polar surface area (TPSA) is 133 Å². The van der Waals surface area contributed by atoms with E-state index in [0.717, 1.165) is 18.4 Å². The molecule has 3 amide bonds. The van der Waals surface area contributed by atoms with Crippen LogP contribution in [0.2, 0.25) is 0 Å². The number of nitrogens with one attached hydrogen (secondary N) is 4. The molecule has 1 saturated carbocycles. The average molecular weight is 382 g/mol. The quantitative estimate of drug-likeness (QED) is 0.425. The number of amides is 3. The van der Waals surface area contributed by atoms with E-state index in [-0.39, 0.29) is 29.9 Å². The molecule has 1 aliphatic rings. The summed E-state index contributed by atoms with van der Waals surface area (Å²) >= 11 is 0. The molecule has 0 aliphatic heterocycles. The van der Waals surface area contributed by atoms with Crippen molar-refractivity contribution in [3.8, 4) is 0 Å². The highest BCUT2D eigenvalue weighted by atomic mass is 32.2. The number of benzene rings is 1. The predicted octanol–water partition coefficient (Wildman–Crippen LogP) is -1.22. The first-order chi connectivity index (χ1) is 12.3. The van der Waals surface area contributed by atoms with Crippen molar-refractivity contribution in [3.05, 3.63) is 29.8 Å². The average Bonchev–Trinajstić information content (AvgIpc) is 3.40. The lowest BCUT2D eigenvalue weighted by molar-refractivity contribution is -0.127. The van der Waals surface area contributed by atoms with Crippen LogP contribution in [0, 0.1) is 6.92 Å². The third kappa shape index (κ3) is 6.81. The van der Waals surface area contributed by atoms with Gasteiger partial charge < -0.3 is 16.0 Å². The summed E-state index contributed by atoms with van der Waals surface area (Å²) in [6.07, 6.45) is 1.91. The zero-order chi connectivity index (χ0) is 19.2. The smallest absolute Gasteiger partial charge is 0.241 e. The standard InChI is InChI=1S/C16H22N4O5S/c1-11-2-6-13(7-3-11)26(24,25)19-10-15(22)17-8-14(21)18-9-16(23)20-12-4-5-12/h2-3,6-7,12,19H,4-5,8-10H2,1H3,(H,17,22)(H,18,21)(H,20,23). The summed E-state index contributed by atoms with van der Waals surface area (Å²) in [6, 6.07) is 6.39. The van der Waals surface area contributed by atoms with E-state index < -0.39 is 28.4 Å².